The largest absolute Gasteiger partial charge is 0.366 e. The van der Waals surface area contributed by atoms with Gasteiger partial charge in [-0.1, -0.05) is 0 Å². The van der Waals surface area contributed by atoms with Gasteiger partial charge in [0.2, 0.25) is 5.95 Å². The summed E-state index contributed by atoms with van der Waals surface area (Å²) in [4.78, 5) is 10.2. The normalized spacial score (nSPS) is 10.3. The van der Waals surface area contributed by atoms with Crippen molar-refractivity contribution in [1.29, 1.82) is 0 Å². The zero-order valence-corrected chi connectivity index (χ0v) is 8.60. The fourth-order valence-corrected chi connectivity index (χ4v) is 1.21. The molecule has 0 radical (unpaired) electrons. The Kier molecular flexibility index (Phi) is 2.24. The molecule has 2 aromatic rings. The predicted molar refractivity (Wildman–Crippen MR) is 58.4 cm³/mol. The number of anilines is 2. The Morgan fingerprint density at radius 3 is 2.80 bits per heavy atom. The molecule has 2 heterocycles. The monoisotopic (exact) mass is 204 g/mol. The molecule has 0 aliphatic rings. The van der Waals surface area contributed by atoms with Crippen LogP contribution in [-0.4, -0.2) is 34.3 Å². The molecule has 0 saturated carbocycles. The van der Waals surface area contributed by atoms with Crippen molar-refractivity contribution in [3.63, 3.8) is 0 Å². The van der Waals surface area contributed by atoms with Crippen LogP contribution < -0.4 is 10.6 Å². The number of nitrogen functional groups attached to an aromatic ring is 1. The summed E-state index contributed by atoms with van der Waals surface area (Å²) in [5.74, 6) is 1.76. The van der Waals surface area contributed by atoms with Crippen molar-refractivity contribution in [2.75, 3.05) is 24.7 Å². The van der Waals surface area contributed by atoms with Crippen molar-refractivity contribution >= 4 is 11.8 Å². The maximum atomic E-state index is 5.43. The number of H-pyrrole nitrogens is 1. The number of hydrogen-bond acceptors (Lipinski definition) is 5. The Morgan fingerprint density at radius 2 is 2.20 bits per heavy atom. The number of nitrogens with one attached hydrogen (secondary N) is 1. The Bertz CT molecular complexity index is 461. The number of rotatable bonds is 2. The fourth-order valence-electron chi connectivity index (χ4n) is 1.21. The topological polar surface area (TPSA) is 83.7 Å². The third-order valence-electron chi connectivity index (χ3n) is 1.98. The van der Waals surface area contributed by atoms with Gasteiger partial charge in [-0.05, 0) is 12.1 Å². The number of nitrogens with two attached hydrogens (primary N) is 1. The van der Waals surface area contributed by atoms with Crippen LogP contribution in [0.5, 0.6) is 0 Å². The van der Waals surface area contributed by atoms with E-state index in [1.54, 1.807) is 6.20 Å². The molecule has 0 unspecified atom stereocenters. The molecule has 0 bridgehead atoms. The summed E-state index contributed by atoms with van der Waals surface area (Å²) in [6.45, 7) is 0. The Hall–Kier alpha value is -2.11. The van der Waals surface area contributed by atoms with Crippen LogP contribution in [-0.2, 0) is 0 Å². The van der Waals surface area contributed by atoms with E-state index in [9.17, 15) is 0 Å². The third kappa shape index (κ3) is 1.88. The number of aromatic amines is 1. The van der Waals surface area contributed by atoms with Gasteiger partial charge in [0, 0.05) is 25.9 Å². The van der Waals surface area contributed by atoms with Crippen LogP contribution in [0.4, 0.5) is 11.8 Å². The first-order valence-electron chi connectivity index (χ1n) is 4.48. The molecule has 78 valence electrons. The van der Waals surface area contributed by atoms with Crippen LogP contribution in [0, 0.1) is 0 Å². The molecular formula is C9H12N6. The maximum Gasteiger partial charge on any atom is 0.239 e. The van der Waals surface area contributed by atoms with Crippen LogP contribution in [0.3, 0.4) is 0 Å². The van der Waals surface area contributed by atoms with Gasteiger partial charge in [-0.2, -0.15) is 4.98 Å². The minimum Gasteiger partial charge on any atom is -0.366 e. The molecule has 0 aromatic carbocycles. The lowest BCUT2D eigenvalue weighted by Crippen LogP contribution is -2.10. The molecule has 0 aliphatic carbocycles. The van der Waals surface area contributed by atoms with Gasteiger partial charge in [-0.25, -0.2) is 4.98 Å². The number of aromatic nitrogens is 4. The molecule has 0 aliphatic heterocycles. The van der Waals surface area contributed by atoms with Crippen molar-refractivity contribution in [2.24, 2.45) is 0 Å². The second-order valence-electron chi connectivity index (χ2n) is 3.34. The van der Waals surface area contributed by atoms with Gasteiger partial charge >= 0.3 is 0 Å². The number of nitrogens with zero attached hydrogens (tertiary/aromatic N) is 4. The average molecular weight is 204 g/mol. The van der Waals surface area contributed by atoms with E-state index in [-0.39, 0.29) is 5.95 Å². The quantitative estimate of drug-likeness (QED) is 0.744. The van der Waals surface area contributed by atoms with E-state index in [0.29, 0.717) is 5.82 Å². The molecule has 15 heavy (non-hydrogen) atoms. The molecular weight excluding hydrogens is 192 g/mol. The van der Waals surface area contributed by atoms with Crippen LogP contribution in [0.1, 0.15) is 0 Å². The van der Waals surface area contributed by atoms with Crippen molar-refractivity contribution < 1.29 is 0 Å². The van der Waals surface area contributed by atoms with E-state index in [2.05, 4.69) is 20.2 Å². The van der Waals surface area contributed by atoms with E-state index in [0.717, 1.165) is 11.4 Å². The SMILES string of the molecule is CN(C)c1cc(-c2nc(N)n[nH]2)ccn1. The summed E-state index contributed by atoms with van der Waals surface area (Å²) in [5, 5.41) is 6.53. The van der Waals surface area contributed by atoms with Gasteiger partial charge in [0.1, 0.15) is 5.82 Å². The second-order valence-corrected chi connectivity index (χ2v) is 3.34. The highest BCUT2D eigenvalue weighted by Crippen LogP contribution is 2.18. The van der Waals surface area contributed by atoms with Crippen LogP contribution in [0.2, 0.25) is 0 Å². The van der Waals surface area contributed by atoms with Crippen LogP contribution >= 0.6 is 0 Å². The lowest BCUT2D eigenvalue weighted by Gasteiger charge is -2.10. The summed E-state index contributed by atoms with van der Waals surface area (Å²) < 4.78 is 0. The van der Waals surface area contributed by atoms with E-state index in [4.69, 9.17) is 5.73 Å². The summed E-state index contributed by atoms with van der Waals surface area (Å²) in [5.41, 5.74) is 6.35. The second kappa shape index (κ2) is 3.56. The van der Waals surface area contributed by atoms with Gasteiger partial charge in [-0.3, -0.25) is 5.10 Å². The Labute approximate surface area is 87.2 Å². The van der Waals surface area contributed by atoms with Gasteiger partial charge in [0.15, 0.2) is 5.82 Å². The Morgan fingerprint density at radius 1 is 1.40 bits per heavy atom. The Balaban J connectivity index is 2.41. The van der Waals surface area contributed by atoms with Gasteiger partial charge in [-0.15, -0.1) is 5.10 Å². The molecule has 3 N–H and O–H groups in total. The van der Waals surface area contributed by atoms with E-state index >= 15 is 0 Å². The molecule has 0 saturated heterocycles. The summed E-state index contributed by atoms with van der Waals surface area (Å²) in [6.07, 6.45) is 1.73. The van der Waals surface area contributed by atoms with Gasteiger partial charge in [0.05, 0.1) is 0 Å². The predicted octanol–water partition coefficient (Wildman–Crippen LogP) is 0.515. The molecule has 0 spiro atoms. The average Bonchev–Trinajstić information content (AvgIpc) is 2.65. The smallest absolute Gasteiger partial charge is 0.239 e. The van der Waals surface area contributed by atoms with Crippen molar-refractivity contribution in [3.8, 4) is 11.4 Å². The van der Waals surface area contributed by atoms with Crippen molar-refractivity contribution in [3.05, 3.63) is 18.3 Å². The van der Waals surface area contributed by atoms with Crippen molar-refractivity contribution in [2.45, 2.75) is 0 Å². The van der Waals surface area contributed by atoms with Gasteiger partial charge in [0.25, 0.3) is 0 Å². The van der Waals surface area contributed by atoms with Gasteiger partial charge < -0.3 is 10.6 Å². The summed E-state index contributed by atoms with van der Waals surface area (Å²) in [7, 11) is 3.86. The first-order chi connectivity index (χ1) is 7.16. The minimum atomic E-state index is 0.244. The first-order valence-corrected chi connectivity index (χ1v) is 4.48. The van der Waals surface area contributed by atoms with Crippen molar-refractivity contribution in [1.82, 2.24) is 20.2 Å². The molecule has 0 amide bonds. The summed E-state index contributed by atoms with van der Waals surface area (Å²) >= 11 is 0. The minimum absolute atomic E-state index is 0.244. The highest BCUT2D eigenvalue weighted by atomic mass is 15.3. The first kappa shape index (κ1) is 9.45. The van der Waals surface area contributed by atoms with E-state index in [1.807, 2.05) is 31.1 Å². The van der Waals surface area contributed by atoms with E-state index in [1.165, 1.54) is 0 Å². The lowest BCUT2D eigenvalue weighted by molar-refractivity contribution is 1.06. The number of hydrogen-bond donors (Lipinski definition) is 2. The zero-order valence-electron chi connectivity index (χ0n) is 8.60. The molecule has 6 heteroatoms. The third-order valence-corrected chi connectivity index (χ3v) is 1.98. The highest BCUT2D eigenvalue weighted by molar-refractivity contribution is 5.60. The number of pyridine rings is 1. The zero-order chi connectivity index (χ0) is 10.8. The molecule has 0 atom stereocenters. The summed E-state index contributed by atoms with van der Waals surface area (Å²) in [6, 6.07) is 3.77. The highest BCUT2D eigenvalue weighted by Gasteiger charge is 2.05. The van der Waals surface area contributed by atoms with E-state index < -0.39 is 0 Å². The fraction of sp³-hybridized carbons (Fsp3) is 0.222. The lowest BCUT2D eigenvalue weighted by atomic mass is 10.2. The van der Waals surface area contributed by atoms with Crippen LogP contribution in [0.15, 0.2) is 18.3 Å². The standard InChI is InChI=1S/C9H12N6/c1-15(2)7-5-6(3-4-11-7)8-12-9(10)14-13-8/h3-5H,1-2H3,(H3,10,12,13,14). The molecule has 2 rings (SSSR count). The molecule has 2 aromatic heterocycles. The molecule has 6 nitrogen and oxygen atoms in total. The molecule has 0 fully saturated rings. The maximum absolute atomic E-state index is 5.43. The van der Waals surface area contributed by atoms with Crippen LogP contribution in [0.25, 0.3) is 11.4 Å².